The van der Waals surface area contributed by atoms with E-state index < -0.39 is 22.0 Å². The van der Waals surface area contributed by atoms with Gasteiger partial charge >= 0.3 is 0 Å². The van der Waals surface area contributed by atoms with Crippen molar-refractivity contribution in [2.45, 2.75) is 19.1 Å². The average molecular weight is 257 g/mol. The minimum Gasteiger partial charge on any atom is -0.508 e. The molecule has 1 aliphatic rings. The van der Waals surface area contributed by atoms with Crippen molar-refractivity contribution in [1.29, 1.82) is 0 Å². The fourth-order valence-electron chi connectivity index (χ4n) is 1.88. The highest BCUT2D eigenvalue weighted by Gasteiger charge is 2.36. The number of phenols is 1. The number of aryl methyl sites for hydroxylation is 1. The Morgan fingerprint density at radius 1 is 1.35 bits per heavy atom. The predicted octanol–water partition coefficient (Wildman–Crippen LogP) is 0.270. The third-order valence-electron chi connectivity index (χ3n) is 2.88. The summed E-state index contributed by atoms with van der Waals surface area (Å²) in [5.41, 5.74) is 1.35. The molecule has 0 saturated carbocycles. The van der Waals surface area contributed by atoms with Gasteiger partial charge in [-0.3, -0.25) is 0 Å². The van der Waals surface area contributed by atoms with E-state index in [1.807, 2.05) is 0 Å². The molecule has 0 radical (unpaired) electrons. The van der Waals surface area contributed by atoms with E-state index in [2.05, 4.69) is 5.32 Å². The van der Waals surface area contributed by atoms with Crippen molar-refractivity contribution in [2.24, 2.45) is 0 Å². The molecule has 1 fully saturated rings. The first kappa shape index (κ1) is 12.2. The van der Waals surface area contributed by atoms with Gasteiger partial charge in [-0.05, 0) is 18.6 Å². The molecule has 6 heteroatoms. The molecule has 1 heterocycles. The minimum atomic E-state index is -3.16. The Kier molecular flexibility index (Phi) is 3.01. The maximum Gasteiger partial charge on any atom is 0.155 e. The lowest BCUT2D eigenvalue weighted by molar-refractivity contribution is 0.190. The Labute approximate surface area is 100 Å². The standard InChI is InChI=1S/C11H15NO4S/c1-7-2-3-8(4-10(7)13)12-9-5-17(15,16)6-11(9)14/h2-4,9,11-14H,5-6H2,1H3/t9-,11-/m1/s1. The van der Waals surface area contributed by atoms with E-state index in [1.54, 1.807) is 19.1 Å². The smallest absolute Gasteiger partial charge is 0.155 e. The van der Waals surface area contributed by atoms with Gasteiger partial charge in [-0.2, -0.15) is 0 Å². The van der Waals surface area contributed by atoms with Crippen LogP contribution in [0.15, 0.2) is 18.2 Å². The van der Waals surface area contributed by atoms with Crippen LogP contribution in [-0.2, 0) is 9.84 Å². The molecular formula is C11H15NO4S. The van der Waals surface area contributed by atoms with Gasteiger partial charge < -0.3 is 15.5 Å². The molecule has 2 atom stereocenters. The number of benzene rings is 1. The van der Waals surface area contributed by atoms with E-state index in [1.165, 1.54) is 6.07 Å². The average Bonchev–Trinajstić information content (AvgIpc) is 2.46. The normalized spacial score (nSPS) is 26.9. The van der Waals surface area contributed by atoms with Crippen molar-refractivity contribution in [2.75, 3.05) is 16.8 Å². The van der Waals surface area contributed by atoms with Crippen LogP contribution in [0.25, 0.3) is 0 Å². The maximum absolute atomic E-state index is 11.3. The lowest BCUT2D eigenvalue weighted by Gasteiger charge is -2.16. The van der Waals surface area contributed by atoms with Gasteiger partial charge in [0.1, 0.15) is 5.75 Å². The number of hydrogen-bond donors (Lipinski definition) is 3. The van der Waals surface area contributed by atoms with Crippen LogP contribution >= 0.6 is 0 Å². The number of aliphatic hydroxyl groups excluding tert-OH is 1. The number of aromatic hydroxyl groups is 1. The first-order chi connectivity index (χ1) is 7.87. The van der Waals surface area contributed by atoms with Crippen molar-refractivity contribution < 1.29 is 18.6 Å². The molecule has 1 aromatic rings. The van der Waals surface area contributed by atoms with Gasteiger partial charge in [-0.25, -0.2) is 8.42 Å². The second kappa shape index (κ2) is 4.19. The van der Waals surface area contributed by atoms with Gasteiger partial charge in [0.15, 0.2) is 9.84 Å². The molecule has 2 rings (SSSR count). The van der Waals surface area contributed by atoms with Gasteiger partial charge in [0.2, 0.25) is 0 Å². The number of sulfone groups is 1. The Balaban J connectivity index is 2.14. The van der Waals surface area contributed by atoms with Crippen molar-refractivity contribution in [1.82, 2.24) is 0 Å². The van der Waals surface area contributed by atoms with Crippen molar-refractivity contribution >= 4 is 15.5 Å². The fraction of sp³-hybridized carbons (Fsp3) is 0.455. The maximum atomic E-state index is 11.3. The Bertz CT molecular complexity index is 526. The van der Waals surface area contributed by atoms with Crippen molar-refractivity contribution in [3.63, 3.8) is 0 Å². The molecule has 17 heavy (non-hydrogen) atoms. The summed E-state index contributed by atoms with van der Waals surface area (Å²) in [5.74, 6) is -0.143. The molecule has 1 saturated heterocycles. The Morgan fingerprint density at radius 2 is 2.06 bits per heavy atom. The number of hydrogen-bond acceptors (Lipinski definition) is 5. The number of anilines is 1. The summed E-state index contributed by atoms with van der Waals surface area (Å²) in [4.78, 5) is 0. The van der Waals surface area contributed by atoms with Crippen LogP contribution in [0.4, 0.5) is 5.69 Å². The van der Waals surface area contributed by atoms with Gasteiger partial charge in [-0.15, -0.1) is 0 Å². The van der Waals surface area contributed by atoms with E-state index >= 15 is 0 Å². The minimum absolute atomic E-state index is 0.0806. The molecular weight excluding hydrogens is 242 g/mol. The van der Waals surface area contributed by atoms with E-state index in [0.29, 0.717) is 5.69 Å². The number of phenolic OH excluding ortho intramolecular Hbond substituents is 1. The van der Waals surface area contributed by atoms with E-state index in [4.69, 9.17) is 0 Å². The molecule has 0 amide bonds. The van der Waals surface area contributed by atoms with Gasteiger partial charge in [0.05, 0.1) is 23.7 Å². The highest BCUT2D eigenvalue weighted by atomic mass is 32.2. The third kappa shape index (κ3) is 2.70. The van der Waals surface area contributed by atoms with Crippen LogP contribution in [0, 0.1) is 6.92 Å². The van der Waals surface area contributed by atoms with Crippen molar-refractivity contribution in [3.05, 3.63) is 23.8 Å². The largest absolute Gasteiger partial charge is 0.508 e. The van der Waals surface area contributed by atoms with Crippen LogP contribution in [0.1, 0.15) is 5.56 Å². The number of rotatable bonds is 2. The van der Waals surface area contributed by atoms with Crippen molar-refractivity contribution in [3.8, 4) is 5.75 Å². The van der Waals surface area contributed by atoms with E-state index in [9.17, 15) is 18.6 Å². The monoisotopic (exact) mass is 257 g/mol. The fourth-order valence-corrected chi connectivity index (χ4v) is 3.62. The number of nitrogens with one attached hydrogen (secondary N) is 1. The summed E-state index contributed by atoms with van der Waals surface area (Å²) >= 11 is 0. The quantitative estimate of drug-likeness (QED) is 0.708. The highest BCUT2D eigenvalue weighted by Crippen LogP contribution is 2.23. The predicted molar refractivity (Wildman–Crippen MR) is 64.9 cm³/mol. The van der Waals surface area contributed by atoms with Crippen LogP contribution in [-0.4, -0.2) is 42.3 Å². The molecule has 0 aromatic heterocycles. The van der Waals surface area contributed by atoms with Crippen LogP contribution in [0.2, 0.25) is 0 Å². The Hall–Kier alpha value is -1.27. The number of aliphatic hydroxyl groups is 1. The van der Waals surface area contributed by atoms with Gasteiger partial charge in [0.25, 0.3) is 0 Å². The summed E-state index contributed by atoms with van der Waals surface area (Å²) in [6.07, 6.45) is -0.900. The van der Waals surface area contributed by atoms with E-state index in [0.717, 1.165) is 5.56 Å². The first-order valence-corrected chi connectivity index (χ1v) is 7.14. The molecule has 3 N–H and O–H groups in total. The summed E-state index contributed by atoms with van der Waals surface area (Å²) < 4.78 is 22.6. The zero-order valence-corrected chi connectivity index (χ0v) is 10.2. The SMILES string of the molecule is Cc1ccc(N[C@@H]2CS(=O)(=O)C[C@H]2O)cc1O. The zero-order valence-electron chi connectivity index (χ0n) is 9.42. The molecule has 0 unspecified atom stereocenters. The molecule has 94 valence electrons. The molecule has 5 nitrogen and oxygen atoms in total. The summed E-state index contributed by atoms with van der Waals surface area (Å²) in [7, 11) is -3.16. The summed E-state index contributed by atoms with van der Waals surface area (Å²) in [6, 6.07) is 4.48. The Morgan fingerprint density at radius 3 is 2.59 bits per heavy atom. The summed E-state index contributed by atoms with van der Waals surface area (Å²) in [6.45, 7) is 1.77. The second-order valence-electron chi connectivity index (χ2n) is 4.40. The van der Waals surface area contributed by atoms with Crippen LogP contribution < -0.4 is 5.32 Å². The highest BCUT2D eigenvalue weighted by molar-refractivity contribution is 7.91. The molecule has 0 aliphatic carbocycles. The topological polar surface area (TPSA) is 86.6 Å². The van der Waals surface area contributed by atoms with E-state index in [-0.39, 0.29) is 17.3 Å². The van der Waals surface area contributed by atoms with Gasteiger partial charge in [0, 0.05) is 11.8 Å². The van der Waals surface area contributed by atoms with Crippen LogP contribution in [0.3, 0.4) is 0 Å². The molecule has 0 bridgehead atoms. The second-order valence-corrected chi connectivity index (χ2v) is 6.55. The molecule has 1 aromatic carbocycles. The third-order valence-corrected chi connectivity index (χ3v) is 4.60. The van der Waals surface area contributed by atoms with Crippen LogP contribution in [0.5, 0.6) is 5.75 Å². The zero-order chi connectivity index (χ0) is 12.6. The lowest BCUT2D eigenvalue weighted by atomic mass is 10.1. The first-order valence-electron chi connectivity index (χ1n) is 5.32. The molecule has 1 aliphatic heterocycles. The lowest BCUT2D eigenvalue weighted by Crippen LogP contribution is -2.31. The molecule has 0 spiro atoms. The van der Waals surface area contributed by atoms with Gasteiger partial charge in [-0.1, -0.05) is 6.07 Å². The summed E-state index contributed by atoms with van der Waals surface area (Å²) in [5, 5.41) is 22.1.